The van der Waals surface area contributed by atoms with E-state index in [2.05, 4.69) is 15.5 Å². The molecule has 1 atom stereocenters. The molecule has 1 aromatic rings. The molecule has 2 aliphatic rings. The summed E-state index contributed by atoms with van der Waals surface area (Å²) in [5, 5.41) is 12.1. The fourth-order valence-electron chi connectivity index (χ4n) is 3.00. The molecule has 0 radical (unpaired) electrons. The lowest BCUT2D eigenvalue weighted by Crippen LogP contribution is -2.50. The number of rotatable bonds is 1. The predicted molar refractivity (Wildman–Crippen MR) is 58.9 cm³/mol. The molecule has 5 nitrogen and oxygen atoms in total. The van der Waals surface area contributed by atoms with Crippen LogP contribution in [0.15, 0.2) is 6.20 Å². The maximum absolute atomic E-state index is 6.06. The Morgan fingerprint density at radius 3 is 3.00 bits per heavy atom. The van der Waals surface area contributed by atoms with E-state index in [1.54, 1.807) is 4.80 Å². The van der Waals surface area contributed by atoms with Crippen molar-refractivity contribution < 1.29 is 4.74 Å². The van der Waals surface area contributed by atoms with Crippen LogP contribution in [0.5, 0.6) is 0 Å². The van der Waals surface area contributed by atoms with Gasteiger partial charge < -0.3 is 10.1 Å². The third-order valence-corrected chi connectivity index (χ3v) is 3.73. The Hall–Kier alpha value is -0.940. The van der Waals surface area contributed by atoms with Gasteiger partial charge in [0.1, 0.15) is 5.69 Å². The van der Waals surface area contributed by atoms with E-state index in [9.17, 15) is 0 Å². The minimum Gasteiger partial charge on any atom is -0.372 e. The normalized spacial score (nSPS) is 28.7. The number of nitrogens with one attached hydrogen (secondary N) is 1. The van der Waals surface area contributed by atoms with Crippen molar-refractivity contribution in [3.8, 4) is 0 Å². The maximum Gasteiger partial charge on any atom is 0.103 e. The lowest BCUT2D eigenvalue weighted by molar-refractivity contribution is -0.0945. The van der Waals surface area contributed by atoms with Crippen molar-refractivity contribution in [1.29, 1.82) is 0 Å². The van der Waals surface area contributed by atoms with Gasteiger partial charge in [-0.25, -0.2) is 0 Å². The summed E-state index contributed by atoms with van der Waals surface area (Å²) in [6.45, 7) is 1.72. The Bertz CT molecular complexity index is 370. The number of nitrogens with zero attached hydrogens (tertiary/aromatic N) is 3. The van der Waals surface area contributed by atoms with Gasteiger partial charge >= 0.3 is 0 Å². The molecular formula is C11H18N4O. The zero-order valence-corrected chi connectivity index (χ0v) is 9.65. The van der Waals surface area contributed by atoms with Crippen molar-refractivity contribution in [2.75, 3.05) is 13.2 Å². The van der Waals surface area contributed by atoms with E-state index in [1.807, 2.05) is 13.2 Å². The van der Waals surface area contributed by atoms with E-state index >= 15 is 0 Å². The first kappa shape index (κ1) is 10.2. The largest absolute Gasteiger partial charge is 0.372 e. The van der Waals surface area contributed by atoms with Crippen LogP contribution in [-0.4, -0.2) is 33.7 Å². The van der Waals surface area contributed by atoms with Crippen LogP contribution in [0.3, 0.4) is 0 Å². The molecule has 1 N–H and O–H groups in total. The molecule has 1 spiro atoms. The van der Waals surface area contributed by atoms with Gasteiger partial charge in [-0.3, -0.25) is 0 Å². The van der Waals surface area contributed by atoms with Gasteiger partial charge in [0, 0.05) is 13.6 Å². The Balaban J connectivity index is 1.91. The van der Waals surface area contributed by atoms with Crippen molar-refractivity contribution >= 4 is 0 Å². The SMILES string of the molecule is Cn1ncc(C2NCCOC23CCCC3)n1. The Labute approximate surface area is 95.2 Å². The van der Waals surface area contributed by atoms with Crippen molar-refractivity contribution in [3.05, 3.63) is 11.9 Å². The first-order valence-corrected chi connectivity index (χ1v) is 6.04. The van der Waals surface area contributed by atoms with Crippen molar-refractivity contribution in [1.82, 2.24) is 20.3 Å². The average molecular weight is 222 g/mol. The zero-order valence-electron chi connectivity index (χ0n) is 9.65. The molecule has 88 valence electrons. The molecule has 3 rings (SSSR count). The highest BCUT2D eigenvalue weighted by atomic mass is 16.5. The molecule has 16 heavy (non-hydrogen) atoms. The molecule has 1 saturated carbocycles. The van der Waals surface area contributed by atoms with E-state index in [0.29, 0.717) is 0 Å². The smallest absolute Gasteiger partial charge is 0.103 e. The van der Waals surface area contributed by atoms with Crippen LogP contribution >= 0.6 is 0 Å². The Morgan fingerprint density at radius 1 is 1.50 bits per heavy atom. The number of aryl methyl sites for hydroxylation is 1. The molecule has 5 heteroatoms. The Morgan fingerprint density at radius 2 is 2.31 bits per heavy atom. The summed E-state index contributed by atoms with van der Waals surface area (Å²) >= 11 is 0. The van der Waals surface area contributed by atoms with Crippen LogP contribution in [-0.2, 0) is 11.8 Å². The molecule has 2 heterocycles. The number of hydrogen-bond donors (Lipinski definition) is 1. The fourth-order valence-corrected chi connectivity index (χ4v) is 3.00. The fraction of sp³-hybridized carbons (Fsp3) is 0.818. The predicted octanol–water partition coefficient (Wildman–Crippen LogP) is 0.789. The van der Waals surface area contributed by atoms with E-state index < -0.39 is 0 Å². The summed E-state index contributed by atoms with van der Waals surface area (Å²) < 4.78 is 6.06. The van der Waals surface area contributed by atoms with E-state index in [-0.39, 0.29) is 11.6 Å². The summed E-state index contributed by atoms with van der Waals surface area (Å²) in [5.74, 6) is 0. The minimum atomic E-state index is -0.0196. The molecule has 0 amide bonds. The highest BCUT2D eigenvalue weighted by Crippen LogP contribution is 2.43. The second-order valence-electron chi connectivity index (χ2n) is 4.77. The molecule has 1 aliphatic heterocycles. The van der Waals surface area contributed by atoms with E-state index in [1.165, 1.54) is 12.8 Å². The second kappa shape index (κ2) is 3.82. The lowest BCUT2D eigenvalue weighted by Gasteiger charge is -2.41. The van der Waals surface area contributed by atoms with E-state index in [4.69, 9.17) is 4.74 Å². The highest BCUT2D eigenvalue weighted by molar-refractivity contribution is 5.12. The summed E-state index contributed by atoms with van der Waals surface area (Å²) in [7, 11) is 1.86. The molecule has 1 saturated heterocycles. The number of hydrogen-bond acceptors (Lipinski definition) is 4. The van der Waals surface area contributed by atoms with Crippen molar-refractivity contribution in [2.24, 2.45) is 7.05 Å². The quantitative estimate of drug-likeness (QED) is 0.763. The van der Waals surface area contributed by atoms with Crippen molar-refractivity contribution in [2.45, 2.75) is 37.3 Å². The van der Waals surface area contributed by atoms with Crippen LogP contribution in [0.4, 0.5) is 0 Å². The minimum absolute atomic E-state index is 0.0196. The Kier molecular flexibility index (Phi) is 2.44. The van der Waals surface area contributed by atoms with E-state index in [0.717, 1.165) is 31.7 Å². The van der Waals surface area contributed by atoms with Crippen LogP contribution in [0.25, 0.3) is 0 Å². The number of aromatic nitrogens is 3. The summed E-state index contributed by atoms with van der Waals surface area (Å²) in [4.78, 5) is 1.62. The molecule has 2 fully saturated rings. The lowest BCUT2D eigenvalue weighted by atomic mass is 9.88. The monoisotopic (exact) mass is 222 g/mol. The maximum atomic E-state index is 6.06. The molecule has 1 aromatic heterocycles. The van der Waals surface area contributed by atoms with Gasteiger partial charge in [-0.1, -0.05) is 12.8 Å². The van der Waals surface area contributed by atoms with Gasteiger partial charge in [-0.05, 0) is 12.8 Å². The first-order chi connectivity index (χ1) is 7.80. The van der Waals surface area contributed by atoms with Crippen molar-refractivity contribution in [3.63, 3.8) is 0 Å². The van der Waals surface area contributed by atoms with Gasteiger partial charge in [0.2, 0.25) is 0 Å². The van der Waals surface area contributed by atoms with Crippen LogP contribution in [0.1, 0.15) is 37.4 Å². The van der Waals surface area contributed by atoms with Gasteiger partial charge in [0.15, 0.2) is 0 Å². The summed E-state index contributed by atoms with van der Waals surface area (Å²) in [6.07, 6.45) is 6.66. The zero-order chi connectivity index (χ0) is 11.0. The summed E-state index contributed by atoms with van der Waals surface area (Å²) in [5.41, 5.74) is 0.998. The third-order valence-electron chi connectivity index (χ3n) is 3.73. The van der Waals surface area contributed by atoms with Crippen LogP contribution in [0, 0.1) is 0 Å². The number of morpholine rings is 1. The number of ether oxygens (including phenoxy) is 1. The average Bonchev–Trinajstić information content (AvgIpc) is 2.90. The van der Waals surface area contributed by atoms with Crippen LogP contribution < -0.4 is 5.32 Å². The highest BCUT2D eigenvalue weighted by Gasteiger charge is 2.46. The van der Waals surface area contributed by atoms with Gasteiger partial charge in [-0.2, -0.15) is 15.0 Å². The summed E-state index contributed by atoms with van der Waals surface area (Å²) in [6, 6.07) is 0.220. The topological polar surface area (TPSA) is 52.0 Å². The second-order valence-corrected chi connectivity index (χ2v) is 4.77. The molecule has 1 aliphatic carbocycles. The third kappa shape index (κ3) is 1.55. The van der Waals surface area contributed by atoms with Gasteiger partial charge in [-0.15, -0.1) is 0 Å². The van der Waals surface area contributed by atoms with Gasteiger partial charge in [0.05, 0.1) is 24.4 Å². The molecule has 0 bridgehead atoms. The standard InChI is InChI=1S/C11H18N4O/c1-15-13-8-9(14-15)10-11(4-2-3-5-11)16-7-6-12-10/h8,10,12H,2-7H2,1H3. The molecule has 1 unspecified atom stereocenters. The van der Waals surface area contributed by atoms with Crippen LogP contribution in [0.2, 0.25) is 0 Å². The first-order valence-electron chi connectivity index (χ1n) is 6.04. The molecular weight excluding hydrogens is 204 g/mol. The van der Waals surface area contributed by atoms with Gasteiger partial charge in [0.25, 0.3) is 0 Å². The molecule has 0 aromatic carbocycles.